The molecule has 23 heavy (non-hydrogen) atoms. The van der Waals surface area contributed by atoms with E-state index in [0.717, 1.165) is 18.9 Å². The second kappa shape index (κ2) is 6.04. The zero-order valence-corrected chi connectivity index (χ0v) is 13.7. The van der Waals surface area contributed by atoms with Crippen molar-refractivity contribution >= 4 is 11.8 Å². The molecule has 2 N–H and O–H groups in total. The lowest BCUT2D eigenvalue weighted by molar-refractivity contribution is 0.177. The summed E-state index contributed by atoms with van der Waals surface area (Å²) >= 11 is 0. The Bertz CT molecular complexity index is 596. The Hall–Kier alpha value is -1.75. The van der Waals surface area contributed by atoms with Crippen molar-refractivity contribution in [3.8, 4) is 0 Å². The molecule has 3 heterocycles. The molecule has 2 fully saturated rings. The number of hydrogen-bond acceptors (Lipinski definition) is 4. The van der Waals surface area contributed by atoms with Gasteiger partial charge in [0.25, 0.3) is 0 Å². The number of cyclic esters (lactones) is 1. The molecule has 0 aliphatic carbocycles. The smallest absolute Gasteiger partial charge is 0.407 e. The van der Waals surface area contributed by atoms with Crippen molar-refractivity contribution in [3.63, 3.8) is 0 Å². The summed E-state index contributed by atoms with van der Waals surface area (Å²) in [5.41, 5.74) is 4.06. The molecule has 0 spiro atoms. The summed E-state index contributed by atoms with van der Waals surface area (Å²) in [5, 5.41) is 6.45. The SMILES string of the molecule is CN1CCC(C2CNc3ccc(CC4COC(=O)N4)cc32)CC1. The van der Waals surface area contributed by atoms with Crippen LogP contribution in [0.1, 0.15) is 29.9 Å². The van der Waals surface area contributed by atoms with Crippen LogP contribution in [0.2, 0.25) is 0 Å². The van der Waals surface area contributed by atoms with Crippen molar-refractivity contribution in [1.82, 2.24) is 10.2 Å². The van der Waals surface area contributed by atoms with Crippen LogP contribution < -0.4 is 10.6 Å². The first-order valence-electron chi connectivity index (χ1n) is 8.67. The number of piperidine rings is 1. The number of nitrogens with zero attached hydrogens (tertiary/aromatic N) is 1. The van der Waals surface area contributed by atoms with Crippen LogP contribution in [0.5, 0.6) is 0 Å². The van der Waals surface area contributed by atoms with Gasteiger partial charge >= 0.3 is 6.09 Å². The lowest BCUT2D eigenvalue weighted by Crippen LogP contribution is -2.33. The fourth-order valence-corrected chi connectivity index (χ4v) is 4.21. The van der Waals surface area contributed by atoms with Gasteiger partial charge in [-0.05, 0) is 62.5 Å². The Morgan fingerprint density at radius 1 is 1.30 bits per heavy atom. The van der Waals surface area contributed by atoms with E-state index in [4.69, 9.17) is 4.74 Å². The molecule has 0 saturated carbocycles. The van der Waals surface area contributed by atoms with Gasteiger partial charge in [-0.2, -0.15) is 0 Å². The maximum Gasteiger partial charge on any atom is 0.407 e. The van der Waals surface area contributed by atoms with Crippen LogP contribution in [-0.2, 0) is 11.2 Å². The molecule has 4 rings (SSSR count). The summed E-state index contributed by atoms with van der Waals surface area (Å²) in [6.07, 6.45) is 3.14. The highest BCUT2D eigenvalue weighted by Gasteiger charge is 2.32. The van der Waals surface area contributed by atoms with E-state index < -0.39 is 0 Å². The zero-order valence-electron chi connectivity index (χ0n) is 13.7. The van der Waals surface area contributed by atoms with Gasteiger partial charge < -0.3 is 20.3 Å². The number of anilines is 1. The second-order valence-corrected chi connectivity index (χ2v) is 7.19. The van der Waals surface area contributed by atoms with Crippen LogP contribution in [0.15, 0.2) is 18.2 Å². The molecule has 1 aromatic carbocycles. The summed E-state index contributed by atoms with van der Waals surface area (Å²) in [6.45, 7) is 3.96. The summed E-state index contributed by atoms with van der Waals surface area (Å²) in [7, 11) is 2.22. The summed E-state index contributed by atoms with van der Waals surface area (Å²) in [5.74, 6) is 1.41. The largest absolute Gasteiger partial charge is 0.447 e. The number of nitrogens with one attached hydrogen (secondary N) is 2. The third-order valence-electron chi connectivity index (χ3n) is 5.58. The third-order valence-corrected chi connectivity index (χ3v) is 5.58. The number of hydrogen-bond donors (Lipinski definition) is 2. The van der Waals surface area contributed by atoms with Crippen molar-refractivity contribution in [2.24, 2.45) is 5.92 Å². The summed E-state index contributed by atoms with van der Waals surface area (Å²) in [4.78, 5) is 13.6. The van der Waals surface area contributed by atoms with Gasteiger partial charge in [0.15, 0.2) is 0 Å². The first kappa shape index (κ1) is 14.8. The Labute approximate surface area is 137 Å². The fourth-order valence-electron chi connectivity index (χ4n) is 4.21. The van der Waals surface area contributed by atoms with Crippen molar-refractivity contribution in [2.75, 3.05) is 38.6 Å². The molecule has 3 aliphatic rings. The summed E-state index contributed by atoms with van der Waals surface area (Å²) in [6, 6.07) is 6.84. The molecule has 1 aromatic rings. The van der Waals surface area contributed by atoms with Crippen molar-refractivity contribution in [3.05, 3.63) is 29.3 Å². The number of alkyl carbamates (subject to hydrolysis) is 1. The molecule has 3 aliphatic heterocycles. The minimum atomic E-state index is -0.290. The van der Waals surface area contributed by atoms with E-state index in [1.807, 2.05) is 0 Å². The first-order chi connectivity index (χ1) is 11.2. The quantitative estimate of drug-likeness (QED) is 0.898. The number of rotatable bonds is 3. The van der Waals surface area contributed by atoms with Crippen LogP contribution in [0.4, 0.5) is 10.5 Å². The monoisotopic (exact) mass is 315 g/mol. The molecule has 0 aromatic heterocycles. The van der Waals surface area contributed by atoms with E-state index in [2.05, 4.69) is 40.8 Å². The second-order valence-electron chi connectivity index (χ2n) is 7.19. The molecule has 5 nitrogen and oxygen atoms in total. The number of fused-ring (bicyclic) bond motifs is 1. The lowest BCUT2D eigenvalue weighted by atomic mass is 9.80. The number of carbonyl (C=O) groups is 1. The van der Waals surface area contributed by atoms with Crippen LogP contribution in [-0.4, -0.2) is 50.3 Å². The number of ether oxygens (including phenoxy) is 1. The third kappa shape index (κ3) is 3.02. The highest BCUT2D eigenvalue weighted by atomic mass is 16.6. The number of likely N-dealkylation sites (tertiary alicyclic amines) is 1. The standard InChI is InChI=1S/C18H25N3O2/c1-21-6-4-13(5-7-21)16-10-19-17-3-2-12(9-15(16)17)8-14-11-23-18(22)20-14/h2-3,9,13-14,16,19H,4-8,10-11H2,1H3,(H,20,22). The number of amides is 1. The Morgan fingerprint density at radius 2 is 2.13 bits per heavy atom. The zero-order chi connectivity index (χ0) is 15.8. The molecular weight excluding hydrogens is 290 g/mol. The average Bonchev–Trinajstić information content (AvgIpc) is 3.14. The molecule has 1 amide bonds. The predicted molar refractivity (Wildman–Crippen MR) is 89.9 cm³/mol. The Balaban J connectivity index is 1.48. The van der Waals surface area contributed by atoms with Gasteiger partial charge in [0.2, 0.25) is 0 Å². The molecular formula is C18H25N3O2. The average molecular weight is 315 g/mol. The minimum Gasteiger partial charge on any atom is -0.447 e. The lowest BCUT2D eigenvalue weighted by Gasteiger charge is -2.32. The van der Waals surface area contributed by atoms with Gasteiger partial charge in [-0.1, -0.05) is 12.1 Å². The van der Waals surface area contributed by atoms with E-state index >= 15 is 0 Å². The predicted octanol–water partition coefficient (Wildman–Crippen LogP) is 2.19. The Morgan fingerprint density at radius 3 is 2.87 bits per heavy atom. The van der Waals surface area contributed by atoms with Gasteiger partial charge in [-0.3, -0.25) is 0 Å². The van der Waals surface area contributed by atoms with E-state index in [-0.39, 0.29) is 12.1 Å². The van der Waals surface area contributed by atoms with Crippen LogP contribution in [0.3, 0.4) is 0 Å². The minimum absolute atomic E-state index is 0.108. The maximum absolute atomic E-state index is 11.2. The van der Waals surface area contributed by atoms with Gasteiger partial charge in [-0.15, -0.1) is 0 Å². The van der Waals surface area contributed by atoms with Crippen molar-refractivity contribution in [2.45, 2.75) is 31.2 Å². The molecule has 124 valence electrons. The molecule has 0 bridgehead atoms. The van der Waals surface area contributed by atoms with Crippen LogP contribution in [0, 0.1) is 5.92 Å². The van der Waals surface area contributed by atoms with Crippen molar-refractivity contribution < 1.29 is 9.53 Å². The molecule has 2 saturated heterocycles. The molecule has 2 atom stereocenters. The van der Waals surface area contributed by atoms with E-state index in [9.17, 15) is 4.79 Å². The number of carbonyl (C=O) groups excluding carboxylic acids is 1. The highest BCUT2D eigenvalue weighted by molar-refractivity contribution is 5.69. The van der Waals surface area contributed by atoms with E-state index in [0.29, 0.717) is 12.5 Å². The van der Waals surface area contributed by atoms with Crippen molar-refractivity contribution in [1.29, 1.82) is 0 Å². The van der Waals surface area contributed by atoms with Gasteiger partial charge in [0.1, 0.15) is 6.61 Å². The van der Waals surface area contributed by atoms with E-state index in [1.54, 1.807) is 0 Å². The number of benzene rings is 1. The topological polar surface area (TPSA) is 53.6 Å². The fraction of sp³-hybridized carbons (Fsp3) is 0.611. The highest BCUT2D eigenvalue weighted by Crippen LogP contribution is 2.40. The molecule has 2 unspecified atom stereocenters. The molecule has 0 radical (unpaired) electrons. The maximum atomic E-state index is 11.2. The van der Waals surface area contributed by atoms with Crippen LogP contribution >= 0.6 is 0 Å². The first-order valence-corrected chi connectivity index (χ1v) is 8.67. The summed E-state index contributed by atoms with van der Waals surface area (Å²) < 4.78 is 4.99. The van der Waals surface area contributed by atoms with Gasteiger partial charge in [0, 0.05) is 18.2 Å². The van der Waals surface area contributed by atoms with Crippen LogP contribution in [0.25, 0.3) is 0 Å². The Kier molecular flexibility index (Phi) is 3.89. The van der Waals surface area contributed by atoms with Gasteiger partial charge in [0.05, 0.1) is 6.04 Å². The normalized spacial score (nSPS) is 28.1. The molecule has 5 heteroatoms. The van der Waals surface area contributed by atoms with Gasteiger partial charge in [-0.25, -0.2) is 4.79 Å². The van der Waals surface area contributed by atoms with E-state index in [1.165, 1.54) is 42.7 Å².